The molecular formula is C20H23NO4. The molecule has 2 atom stereocenters. The first-order valence-electron chi connectivity index (χ1n) is 8.59. The third-order valence-electron chi connectivity index (χ3n) is 4.01. The number of benzene rings is 2. The van der Waals surface area contributed by atoms with Gasteiger partial charge in [0.15, 0.2) is 6.10 Å². The van der Waals surface area contributed by atoms with E-state index in [0.29, 0.717) is 18.0 Å². The lowest BCUT2D eigenvalue weighted by Crippen LogP contribution is -2.40. The van der Waals surface area contributed by atoms with E-state index in [1.807, 2.05) is 42.5 Å². The molecule has 25 heavy (non-hydrogen) atoms. The van der Waals surface area contributed by atoms with E-state index in [0.717, 1.165) is 25.2 Å². The lowest BCUT2D eigenvalue weighted by Gasteiger charge is -2.16. The Kier molecular flexibility index (Phi) is 5.90. The quantitative estimate of drug-likeness (QED) is 0.837. The van der Waals surface area contributed by atoms with Crippen LogP contribution in [0.3, 0.4) is 0 Å². The molecule has 0 aliphatic carbocycles. The van der Waals surface area contributed by atoms with Crippen molar-refractivity contribution in [3.63, 3.8) is 0 Å². The van der Waals surface area contributed by atoms with Crippen LogP contribution in [0, 0.1) is 0 Å². The summed E-state index contributed by atoms with van der Waals surface area (Å²) >= 11 is 0. The molecule has 0 saturated carbocycles. The highest BCUT2D eigenvalue weighted by Gasteiger charge is 2.19. The average Bonchev–Trinajstić information content (AvgIpc) is 3.16. The monoisotopic (exact) mass is 341 g/mol. The Balaban J connectivity index is 1.47. The maximum atomic E-state index is 12.1. The molecule has 1 saturated heterocycles. The van der Waals surface area contributed by atoms with Gasteiger partial charge in [-0.15, -0.1) is 0 Å². The topological polar surface area (TPSA) is 56.8 Å². The predicted molar refractivity (Wildman–Crippen MR) is 95.0 cm³/mol. The Labute approximate surface area is 147 Å². The zero-order valence-electron chi connectivity index (χ0n) is 14.3. The van der Waals surface area contributed by atoms with Crippen LogP contribution >= 0.6 is 0 Å². The molecule has 5 heteroatoms. The van der Waals surface area contributed by atoms with E-state index in [4.69, 9.17) is 14.2 Å². The van der Waals surface area contributed by atoms with Crippen molar-refractivity contribution >= 4 is 5.91 Å². The third-order valence-corrected chi connectivity index (χ3v) is 4.01. The van der Waals surface area contributed by atoms with Gasteiger partial charge in [0, 0.05) is 13.2 Å². The fourth-order valence-corrected chi connectivity index (χ4v) is 2.63. The normalized spacial score (nSPS) is 17.7. The van der Waals surface area contributed by atoms with Crippen molar-refractivity contribution in [2.24, 2.45) is 0 Å². The highest BCUT2D eigenvalue weighted by atomic mass is 16.5. The number of para-hydroxylation sites is 1. The number of hydrogen-bond donors (Lipinski definition) is 1. The highest BCUT2D eigenvalue weighted by Crippen LogP contribution is 2.24. The molecule has 2 unspecified atom stereocenters. The second-order valence-corrected chi connectivity index (χ2v) is 6.03. The molecule has 3 rings (SSSR count). The summed E-state index contributed by atoms with van der Waals surface area (Å²) in [5, 5.41) is 2.88. The summed E-state index contributed by atoms with van der Waals surface area (Å²) in [4.78, 5) is 12.1. The van der Waals surface area contributed by atoms with Gasteiger partial charge in [-0.2, -0.15) is 0 Å². The average molecular weight is 341 g/mol. The Morgan fingerprint density at radius 3 is 2.48 bits per heavy atom. The van der Waals surface area contributed by atoms with E-state index in [1.165, 1.54) is 0 Å². The number of carbonyl (C=O) groups is 1. The minimum absolute atomic E-state index is 0.130. The second kappa shape index (κ2) is 8.53. The maximum absolute atomic E-state index is 12.1. The predicted octanol–water partition coefficient (Wildman–Crippen LogP) is 3.54. The van der Waals surface area contributed by atoms with E-state index in [9.17, 15) is 4.79 Å². The van der Waals surface area contributed by atoms with E-state index in [1.54, 1.807) is 19.1 Å². The van der Waals surface area contributed by atoms with Crippen molar-refractivity contribution in [1.82, 2.24) is 5.32 Å². The first kappa shape index (κ1) is 17.3. The van der Waals surface area contributed by atoms with Gasteiger partial charge in [-0.3, -0.25) is 4.79 Å². The van der Waals surface area contributed by atoms with Crippen LogP contribution in [0.4, 0.5) is 0 Å². The van der Waals surface area contributed by atoms with E-state index < -0.39 is 6.10 Å². The summed E-state index contributed by atoms with van der Waals surface area (Å²) in [6.45, 7) is 3.06. The van der Waals surface area contributed by atoms with Crippen LogP contribution in [0.2, 0.25) is 0 Å². The summed E-state index contributed by atoms with van der Waals surface area (Å²) in [5.41, 5.74) is 0. The summed E-state index contributed by atoms with van der Waals surface area (Å²) in [7, 11) is 0. The summed E-state index contributed by atoms with van der Waals surface area (Å²) in [6, 6.07) is 16.8. The smallest absolute Gasteiger partial charge is 0.260 e. The van der Waals surface area contributed by atoms with Crippen molar-refractivity contribution < 1.29 is 19.0 Å². The van der Waals surface area contributed by atoms with Crippen molar-refractivity contribution in [3.05, 3.63) is 54.6 Å². The Bertz CT molecular complexity index is 666. The number of hydrogen-bond acceptors (Lipinski definition) is 4. The van der Waals surface area contributed by atoms with Crippen LogP contribution in [0.25, 0.3) is 0 Å². The molecule has 1 N–H and O–H groups in total. The first-order chi connectivity index (χ1) is 12.2. The van der Waals surface area contributed by atoms with Crippen LogP contribution in [0.15, 0.2) is 54.6 Å². The maximum Gasteiger partial charge on any atom is 0.260 e. The standard InChI is InChI=1S/C20H23NO4/c1-15(20(22)21-14-19-8-5-13-23-19)24-17-9-11-18(12-10-17)25-16-6-3-2-4-7-16/h2-4,6-7,9-12,15,19H,5,8,13-14H2,1H3,(H,21,22). The molecule has 2 aromatic carbocycles. The van der Waals surface area contributed by atoms with Gasteiger partial charge in [0.05, 0.1) is 6.10 Å². The molecule has 1 heterocycles. The molecule has 5 nitrogen and oxygen atoms in total. The molecule has 0 radical (unpaired) electrons. The van der Waals surface area contributed by atoms with E-state index >= 15 is 0 Å². The Morgan fingerprint density at radius 1 is 1.12 bits per heavy atom. The fourth-order valence-electron chi connectivity index (χ4n) is 2.63. The van der Waals surface area contributed by atoms with Crippen LogP contribution in [-0.2, 0) is 9.53 Å². The molecule has 1 fully saturated rings. The van der Waals surface area contributed by atoms with Crippen molar-refractivity contribution in [2.75, 3.05) is 13.2 Å². The van der Waals surface area contributed by atoms with Gasteiger partial charge in [-0.05, 0) is 56.2 Å². The SMILES string of the molecule is CC(Oc1ccc(Oc2ccccc2)cc1)C(=O)NCC1CCCO1. The minimum Gasteiger partial charge on any atom is -0.481 e. The second-order valence-electron chi connectivity index (χ2n) is 6.03. The van der Waals surface area contributed by atoms with Crippen molar-refractivity contribution in [3.8, 4) is 17.2 Å². The molecule has 0 spiro atoms. The lowest BCUT2D eigenvalue weighted by atomic mass is 10.2. The summed E-state index contributed by atoms with van der Waals surface area (Å²) < 4.78 is 16.9. The third kappa shape index (κ3) is 5.22. The van der Waals surface area contributed by atoms with Gasteiger partial charge in [0.1, 0.15) is 17.2 Å². The van der Waals surface area contributed by atoms with Crippen molar-refractivity contribution in [1.29, 1.82) is 0 Å². The Hall–Kier alpha value is -2.53. The lowest BCUT2D eigenvalue weighted by molar-refractivity contribution is -0.127. The Morgan fingerprint density at radius 2 is 1.80 bits per heavy atom. The molecular weight excluding hydrogens is 318 g/mol. The van der Waals surface area contributed by atoms with Gasteiger partial charge in [-0.1, -0.05) is 18.2 Å². The first-order valence-corrected chi connectivity index (χ1v) is 8.59. The zero-order valence-corrected chi connectivity index (χ0v) is 14.3. The fraction of sp³-hybridized carbons (Fsp3) is 0.350. The van der Waals surface area contributed by atoms with Crippen molar-refractivity contribution in [2.45, 2.75) is 32.0 Å². The number of rotatable bonds is 7. The molecule has 132 valence electrons. The molecule has 1 aliphatic heterocycles. The zero-order chi connectivity index (χ0) is 17.5. The highest BCUT2D eigenvalue weighted by molar-refractivity contribution is 5.80. The number of nitrogens with one attached hydrogen (secondary N) is 1. The minimum atomic E-state index is -0.567. The van der Waals surface area contributed by atoms with Gasteiger partial charge in [0.2, 0.25) is 0 Å². The number of amides is 1. The van der Waals surface area contributed by atoms with E-state index in [-0.39, 0.29) is 12.0 Å². The number of ether oxygens (including phenoxy) is 3. The van der Waals surface area contributed by atoms with Gasteiger partial charge < -0.3 is 19.5 Å². The van der Waals surface area contributed by atoms with Gasteiger partial charge >= 0.3 is 0 Å². The van der Waals surface area contributed by atoms with Crippen LogP contribution in [0.5, 0.6) is 17.2 Å². The summed E-state index contributed by atoms with van der Waals surface area (Å²) in [6.07, 6.45) is 1.62. The van der Waals surface area contributed by atoms with Gasteiger partial charge in [0.25, 0.3) is 5.91 Å². The van der Waals surface area contributed by atoms with Crippen LogP contribution in [-0.4, -0.2) is 31.3 Å². The molecule has 1 aliphatic rings. The van der Waals surface area contributed by atoms with E-state index in [2.05, 4.69) is 5.32 Å². The number of carbonyl (C=O) groups excluding carboxylic acids is 1. The molecule has 0 bridgehead atoms. The van der Waals surface area contributed by atoms with Gasteiger partial charge in [-0.25, -0.2) is 0 Å². The molecule has 2 aromatic rings. The molecule has 0 aromatic heterocycles. The summed E-state index contributed by atoms with van der Waals surface area (Å²) in [5.74, 6) is 1.98. The van der Waals surface area contributed by atoms with Crippen LogP contribution < -0.4 is 14.8 Å². The molecule has 1 amide bonds. The largest absolute Gasteiger partial charge is 0.481 e. The van der Waals surface area contributed by atoms with Crippen LogP contribution in [0.1, 0.15) is 19.8 Å².